The highest BCUT2D eigenvalue weighted by molar-refractivity contribution is 14.0. The van der Waals surface area contributed by atoms with Crippen LogP contribution in [0.5, 0.6) is 0 Å². The van der Waals surface area contributed by atoms with Gasteiger partial charge in [-0.25, -0.2) is 0 Å². The molecule has 2 N–H and O–H groups in total. The number of nitrogens with zero attached hydrogens (tertiary/aromatic N) is 3. The Balaban J connectivity index is 0.00000264. The lowest BCUT2D eigenvalue weighted by Crippen LogP contribution is -2.41. The summed E-state index contributed by atoms with van der Waals surface area (Å²) < 4.78 is 2.02. The van der Waals surface area contributed by atoms with E-state index in [2.05, 4.69) is 15.2 Å². The highest BCUT2D eigenvalue weighted by Gasteiger charge is 2.31. The largest absolute Gasteiger partial charge is 0.387 e. The van der Waals surface area contributed by atoms with E-state index < -0.39 is 5.60 Å². The summed E-state index contributed by atoms with van der Waals surface area (Å²) in [5.41, 5.74) is 0.466. The number of halogens is 2. The molecule has 5 nitrogen and oxygen atoms in total. The van der Waals surface area contributed by atoms with E-state index in [4.69, 9.17) is 11.6 Å². The molecule has 2 heterocycles. The van der Waals surface area contributed by atoms with Gasteiger partial charge in [-0.1, -0.05) is 11.6 Å². The van der Waals surface area contributed by atoms with E-state index in [0.717, 1.165) is 41.1 Å². The molecule has 0 spiro atoms. The van der Waals surface area contributed by atoms with E-state index in [9.17, 15) is 5.11 Å². The summed E-state index contributed by atoms with van der Waals surface area (Å²) in [5, 5.41) is 14.5. The minimum atomic E-state index is -0.652. The molecule has 0 bridgehead atoms. The van der Waals surface area contributed by atoms with Gasteiger partial charge in [0.05, 0.1) is 23.7 Å². The molecule has 132 valence electrons. The highest BCUT2D eigenvalue weighted by Crippen LogP contribution is 2.28. The Labute approximate surface area is 164 Å². The molecule has 1 atom stereocenters. The third-order valence-corrected chi connectivity index (χ3v) is 5.22. The summed E-state index contributed by atoms with van der Waals surface area (Å²) in [6.07, 6.45) is 2.71. The van der Waals surface area contributed by atoms with Gasteiger partial charge < -0.3 is 19.9 Å². The molecule has 1 fully saturated rings. The van der Waals surface area contributed by atoms with Crippen molar-refractivity contribution in [1.29, 1.82) is 0 Å². The molecule has 0 aromatic carbocycles. The first-order valence-electron chi connectivity index (χ1n) is 7.54. The van der Waals surface area contributed by atoms with Gasteiger partial charge in [0, 0.05) is 38.3 Å². The summed E-state index contributed by atoms with van der Waals surface area (Å²) in [7, 11) is 3.98. The Morgan fingerprint density at radius 3 is 2.87 bits per heavy atom. The first-order chi connectivity index (χ1) is 10.4. The second kappa shape index (κ2) is 9.39. The Kier molecular flexibility index (Phi) is 8.54. The molecule has 0 aliphatic carbocycles. The zero-order chi connectivity index (χ0) is 16.2. The lowest BCUT2D eigenvalue weighted by atomic mass is 10.1. The van der Waals surface area contributed by atoms with Gasteiger partial charge in [0.25, 0.3) is 0 Å². The van der Waals surface area contributed by atoms with Crippen LogP contribution < -0.4 is 5.32 Å². The number of aromatic nitrogens is 1. The van der Waals surface area contributed by atoms with Crippen molar-refractivity contribution in [2.75, 3.05) is 31.6 Å². The first-order valence-corrected chi connectivity index (χ1v) is 9.07. The topological polar surface area (TPSA) is 52.8 Å². The fourth-order valence-corrected chi connectivity index (χ4v) is 4.01. The average Bonchev–Trinajstić information content (AvgIpc) is 3.01. The highest BCUT2D eigenvalue weighted by atomic mass is 127. The van der Waals surface area contributed by atoms with Crippen molar-refractivity contribution in [2.24, 2.45) is 12.0 Å². The number of aryl methyl sites for hydroxylation is 1. The fourth-order valence-electron chi connectivity index (χ4n) is 2.45. The predicted molar refractivity (Wildman–Crippen MR) is 110 cm³/mol. The molecule has 1 aromatic rings. The van der Waals surface area contributed by atoms with E-state index in [1.807, 2.05) is 37.8 Å². The van der Waals surface area contributed by atoms with Crippen molar-refractivity contribution in [3.63, 3.8) is 0 Å². The van der Waals surface area contributed by atoms with Crippen molar-refractivity contribution in [1.82, 2.24) is 14.8 Å². The Hall–Kier alpha value is -0.120. The normalized spacial score (nSPS) is 21.2. The van der Waals surface area contributed by atoms with Crippen LogP contribution in [0.15, 0.2) is 17.3 Å². The first kappa shape index (κ1) is 20.9. The standard InChI is InChI=1S/C15H25ClN4OS.HI/c1-4-17-14(18-10-15(21)5-6-22-11-15)20(3)9-13-7-12(16)8-19(13)2;/h7-8,21H,4-6,9-11H2,1-3H3,(H,17,18);1H. The molecule has 0 radical (unpaired) electrons. The van der Waals surface area contributed by atoms with Crippen molar-refractivity contribution < 1.29 is 5.11 Å². The molecular formula is C15H26ClIN4OS. The zero-order valence-corrected chi connectivity index (χ0v) is 17.8. The number of hydrogen-bond acceptors (Lipinski definition) is 3. The second-order valence-electron chi connectivity index (χ2n) is 5.81. The smallest absolute Gasteiger partial charge is 0.194 e. The maximum absolute atomic E-state index is 10.4. The van der Waals surface area contributed by atoms with Gasteiger partial charge in [-0.05, 0) is 25.2 Å². The van der Waals surface area contributed by atoms with Gasteiger partial charge in [-0.3, -0.25) is 4.99 Å². The van der Waals surface area contributed by atoms with Crippen molar-refractivity contribution in [3.05, 3.63) is 23.0 Å². The zero-order valence-electron chi connectivity index (χ0n) is 13.9. The average molecular weight is 473 g/mol. The summed E-state index contributed by atoms with van der Waals surface area (Å²) in [6, 6.07) is 1.96. The molecule has 1 aromatic heterocycles. The molecule has 1 aliphatic heterocycles. The summed E-state index contributed by atoms with van der Waals surface area (Å²) >= 11 is 7.83. The van der Waals surface area contributed by atoms with Crippen LogP contribution in [-0.4, -0.2) is 57.8 Å². The van der Waals surface area contributed by atoms with E-state index >= 15 is 0 Å². The SMILES string of the molecule is CCNC(=NCC1(O)CCSC1)N(C)Cc1cc(Cl)cn1C.I. The van der Waals surface area contributed by atoms with Crippen LogP contribution in [0.1, 0.15) is 19.0 Å². The molecule has 0 amide bonds. The van der Waals surface area contributed by atoms with E-state index in [-0.39, 0.29) is 24.0 Å². The summed E-state index contributed by atoms with van der Waals surface area (Å²) in [6.45, 7) is 4.00. The van der Waals surface area contributed by atoms with Crippen molar-refractivity contribution in [2.45, 2.75) is 25.5 Å². The molecule has 23 heavy (non-hydrogen) atoms. The Bertz CT molecular complexity index is 532. The molecule has 1 saturated heterocycles. The van der Waals surface area contributed by atoms with Gasteiger partial charge in [0.15, 0.2) is 5.96 Å². The van der Waals surface area contributed by atoms with Gasteiger partial charge >= 0.3 is 0 Å². The Morgan fingerprint density at radius 2 is 2.35 bits per heavy atom. The van der Waals surface area contributed by atoms with Crippen molar-refractivity contribution >= 4 is 53.3 Å². The monoisotopic (exact) mass is 472 g/mol. The third kappa shape index (κ3) is 6.03. The van der Waals surface area contributed by atoms with Gasteiger partial charge in [-0.15, -0.1) is 24.0 Å². The molecule has 1 unspecified atom stereocenters. The molecular weight excluding hydrogens is 447 g/mol. The van der Waals surface area contributed by atoms with E-state index in [1.54, 1.807) is 11.8 Å². The fraction of sp³-hybridized carbons (Fsp3) is 0.667. The van der Waals surface area contributed by atoms with E-state index in [0.29, 0.717) is 13.1 Å². The van der Waals surface area contributed by atoms with Crippen LogP contribution in [-0.2, 0) is 13.6 Å². The maximum Gasteiger partial charge on any atom is 0.194 e. The predicted octanol–water partition coefficient (Wildman–Crippen LogP) is 2.56. The number of nitrogens with one attached hydrogen (secondary N) is 1. The van der Waals surface area contributed by atoms with Crippen LogP contribution in [0.3, 0.4) is 0 Å². The quantitative estimate of drug-likeness (QED) is 0.393. The number of hydrogen-bond donors (Lipinski definition) is 2. The Morgan fingerprint density at radius 1 is 1.61 bits per heavy atom. The second-order valence-corrected chi connectivity index (χ2v) is 7.36. The molecule has 1 aliphatic rings. The number of rotatable bonds is 5. The van der Waals surface area contributed by atoms with Gasteiger partial charge in [0.2, 0.25) is 0 Å². The molecule has 2 rings (SSSR count). The maximum atomic E-state index is 10.4. The van der Waals surface area contributed by atoms with E-state index in [1.165, 1.54) is 0 Å². The number of aliphatic imine (C=N–C) groups is 1. The molecule has 8 heteroatoms. The van der Waals surface area contributed by atoms with Gasteiger partial charge in [0.1, 0.15) is 0 Å². The van der Waals surface area contributed by atoms with Crippen LogP contribution in [0, 0.1) is 0 Å². The lowest BCUT2D eigenvalue weighted by Gasteiger charge is -2.24. The molecule has 0 saturated carbocycles. The minimum Gasteiger partial charge on any atom is -0.387 e. The van der Waals surface area contributed by atoms with Crippen molar-refractivity contribution in [3.8, 4) is 0 Å². The third-order valence-electron chi connectivity index (χ3n) is 3.78. The van der Waals surface area contributed by atoms with Gasteiger partial charge in [-0.2, -0.15) is 11.8 Å². The van der Waals surface area contributed by atoms with Crippen LogP contribution >= 0.6 is 47.3 Å². The number of thioether (sulfide) groups is 1. The number of aliphatic hydroxyl groups is 1. The minimum absolute atomic E-state index is 0. The summed E-state index contributed by atoms with van der Waals surface area (Å²) in [5.74, 6) is 2.60. The summed E-state index contributed by atoms with van der Waals surface area (Å²) in [4.78, 5) is 6.68. The lowest BCUT2D eigenvalue weighted by molar-refractivity contribution is 0.0776. The van der Waals surface area contributed by atoms with Crippen LogP contribution in [0.25, 0.3) is 0 Å². The number of guanidine groups is 1. The van der Waals surface area contributed by atoms with Crippen LogP contribution in [0.4, 0.5) is 0 Å². The van der Waals surface area contributed by atoms with Crippen LogP contribution in [0.2, 0.25) is 5.02 Å².